The molecular formula is C22H27NO3. The third-order valence-electron chi connectivity index (χ3n) is 5.36. The molecule has 0 spiro atoms. The van der Waals surface area contributed by atoms with E-state index in [4.69, 9.17) is 0 Å². The Hall–Kier alpha value is -2.17. The average Bonchev–Trinajstić information content (AvgIpc) is 2.72. The van der Waals surface area contributed by atoms with Gasteiger partial charge in [-0.2, -0.15) is 0 Å². The minimum absolute atomic E-state index is 0.0698. The molecule has 1 saturated carbocycles. The van der Waals surface area contributed by atoms with Gasteiger partial charge in [0.05, 0.1) is 12.6 Å². The molecule has 1 unspecified atom stereocenters. The molecule has 0 aromatic heterocycles. The molecule has 0 heterocycles. The van der Waals surface area contributed by atoms with E-state index in [1.54, 1.807) is 12.1 Å². The molecule has 4 nitrogen and oxygen atoms in total. The molecule has 1 fully saturated rings. The molecule has 4 heteroatoms. The first-order chi connectivity index (χ1) is 12.7. The van der Waals surface area contributed by atoms with Crippen molar-refractivity contribution >= 4 is 5.91 Å². The second-order valence-corrected chi connectivity index (χ2v) is 7.12. The molecule has 138 valence electrons. The molecule has 0 aliphatic heterocycles. The monoisotopic (exact) mass is 353 g/mol. The van der Waals surface area contributed by atoms with Gasteiger partial charge in [0.25, 0.3) is 0 Å². The SMILES string of the molecule is O=C(N[C@@H](CO)[C@@H](O)c1ccccc1)C1CCC[C@H](c2ccccc2)C1. The summed E-state index contributed by atoms with van der Waals surface area (Å²) in [5.41, 5.74) is 1.98. The molecule has 1 aliphatic carbocycles. The average molecular weight is 353 g/mol. The fraction of sp³-hybridized carbons (Fsp3) is 0.409. The summed E-state index contributed by atoms with van der Waals surface area (Å²) < 4.78 is 0. The van der Waals surface area contributed by atoms with Crippen LogP contribution in [-0.4, -0.2) is 28.8 Å². The van der Waals surface area contributed by atoms with Gasteiger partial charge < -0.3 is 15.5 Å². The van der Waals surface area contributed by atoms with E-state index in [0.29, 0.717) is 11.5 Å². The molecule has 1 aliphatic rings. The minimum Gasteiger partial charge on any atom is -0.394 e. The van der Waals surface area contributed by atoms with Crippen molar-refractivity contribution < 1.29 is 15.0 Å². The van der Waals surface area contributed by atoms with Crippen LogP contribution in [0.3, 0.4) is 0 Å². The van der Waals surface area contributed by atoms with Crippen LogP contribution < -0.4 is 5.32 Å². The van der Waals surface area contributed by atoms with E-state index >= 15 is 0 Å². The predicted molar refractivity (Wildman–Crippen MR) is 102 cm³/mol. The summed E-state index contributed by atoms with van der Waals surface area (Å²) >= 11 is 0. The highest BCUT2D eigenvalue weighted by Crippen LogP contribution is 2.36. The minimum atomic E-state index is -0.918. The lowest BCUT2D eigenvalue weighted by molar-refractivity contribution is -0.128. The van der Waals surface area contributed by atoms with E-state index in [1.165, 1.54) is 5.56 Å². The van der Waals surface area contributed by atoms with Gasteiger partial charge in [-0.05, 0) is 36.3 Å². The predicted octanol–water partition coefficient (Wildman–Crippen LogP) is 3.17. The van der Waals surface area contributed by atoms with E-state index in [2.05, 4.69) is 17.4 Å². The molecule has 26 heavy (non-hydrogen) atoms. The molecular weight excluding hydrogens is 326 g/mol. The Balaban J connectivity index is 1.62. The van der Waals surface area contributed by atoms with Gasteiger partial charge in [0.1, 0.15) is 6.10 Å². The summed E-state index contributed by atoms with van der Waals surface area (Å²) in [4.78, 5) is 12.7. The normalized spacial score (nSPS) is 22.4. The van der Waals surface area contributed by atoms with Gasteiger partial charge in [0.15, 0.2) is 0 Å². The maximum absolute atomic E-state index is 12.7. The standard InChI is InChI=1S/C22H27NO3/c24-15-20(21(25)17-10-5-2-6-11-17)23-22(26)19-13-7-12-18(14-19)16-8-3-1-4-9-16/h1-6,8-11,18-21,24-25H,7,12-15H2,(H,23,26)/t18-,19?,20-,21-/m0/s1. The molecule has 0 bridgehead atoms. The van der Waals surface area contributed by atoms with E-state index in [0.717, 1.165) is 25.7 Å². The van der Waals surface area contributed by atoms with E-state index < -0.39 is 12.1 Å². The molecule has 2 aromatic rings. The number of hydrogen-bond donors (Lipinski definition) is 3. The van der Waals surface area contributed by atoms with Crippen LogP contribution in [0, 0.1) is 5.92 Å². The fourth-order valence-electron chi connectivity index (χ4n) is 3.86. The first-order valence-corrected chi connectivity index (χ1v) is 9.38. The van der Waals surface area contributed by atoms with Crippen LogP contribution in [0.4, 0.5) is 0 Å². The molecule has 4 atom stereocenters. The van der Waals surface area contributed by atoms with Gasteiger partial charge in [-0.1, -0.05) is 67.1 Å². The third kappa shape index (κ3) is 4.51. The van der Waals surface area contributed by atoms with Gasteiger partial charge in [-0.25, -0.2) is 0 Å². The number of carbonyl (C=O) groups is 1. The highest BCUT2D eigenvalue weighted by Gasteiger charge is 2.30. The quantitative estimate of drug-likeness (QED) is 0.747. The summed E-state index contributed by atoms with van der Waals surface area (Å²) in [6.07, 6.45) is 2.87. The lowest BCUT2D eigenvalue weighted by atomic mass is 9.77. The third-order valence-corrected chi connectivity index (χ3v) is 5.36. The Kier molecular flexibility index (Phi) is 6.42. The molecule has 1 amide bonds. The van der Waals surface area contributed by atoms with E-state index in [-0.39, 0.29) is 18.4 Å². The maximum Gasteiger partial charge on any atom is 0.223 e. The van der Waals surface area contributed by atoms with Gasteiger partial charge in [0.2, 0.25) is 5.91 Å². The Morgan fingerprint density at radius 2 is 1.69 bits per heavy atom. The smallest absolute Gasteiger partial charge is 0.223 e. The van der Waals surface area contributed by atoms with Crippen molar-refractivity contribution in [1.82, 2.24) is 5.32 Å². The zero-order valence-corrected chi connectivity index (χ0v) is 14.9. The number of nitrogens with one attached hydrogen (secondary N) is 1. The van der Waals surface area contributed by atoms with Crippen molar-refractivity contribution in [1.29, 1.82) is 0 Å². The Labute approximate surface area is 154 Å². The molecule has 2 aromatic carbocycles. The van der Waals surface area contributed by atoms with E-state index in [9.17, 15) is 15.0 Å². The van der Waals surface area contributed by atoms with Gasteiger partial charge in [0, 0.05) is 5.92 Å². The zero-order valence-electron chi connectivity index (χ0n) is 14.9. The number of aliphatic hydroxyl groups is 2. The number of aliphatic hydroxyl groups excluding tert-OH is 2. The zero-order chi connectivity index (χ0) is 18.4. The van der Waals surface area contributed by atoms with Crippen molar-refractivity contribution in [3.8, 4) is 0 Å². The number of hydrogen-bond acceptors (Lipinski definition) is 3. The van der Waals surface area contributed by atoms with Crippen LogP contribution in [0.5, 0.6) is 0 Å². The summed E-state index contributed by atoms with van der Waals surface area (Å²) in [6.45, 7) is -0.295. The molecule has 0 saturated heterocycles. The van der Waals surface area contributed by atoms with Gasteiger partial charge in [-0.15, -0.1) is 0 Å². The lowest BCUT2D eigenvalue weighted by Crippen LogP contribution is -2.45. The van der Waals surface area contributed by atoms with Crippen molar-refractivity contribution in [3.63, 3.8) is 0 Å². The van der Waals surface area contributed by atoms with Crippen LogP contribution >= 0.6 is 0 Å². The largest absolute Gasteiger partial charge is 0.394 e. The first-order valence-electron chi connectivity index (χ1n) is 9.38. The van der Waals surface area contributed by atoms with Crippen molar-refractivity contribution in [2.45, 2.75) is 43.7 Å². The number of amides is 1. The summed E-state index contributed by atoms with van der Waals surface area (Å²) in [7, 11) is 0. The van der Waals surface area contributed by atoms with Crippen molar-refractivity contribution in [2.75, 3.05) is 6.61 Å². The highest BCUT2D eigenvalue weighted by molar-refractivity contribution is 5.79. The first kappa shape index (κ1) is 18.6. The van der Waals surface area contributed by atoms with Crippen LogP contribution in [-0.2, 0) is 4.79 Å². The summed E-state index contributed by atoms with van der Waals surface area (Å²) in [6, 6.07) is 18.8. The summed E-state index contributed by atoms with van der Waals surface area (Å²) in [5, 5.41) is 23.0. The van der Waals surface area contributed by atoms with Crippen molar-refractivity contribution in [3.05, 3.63) is 71.8 Å². The Morgan fingerprint density at radius 3 is 2.35 bits per heavy atom. The molecule has 0 radical (unpaired) electrons. The van der Waals surface area contributed by atoms with E-state index in [1.807, 2.05) is 36.4 Å². The van der Waals surface area contributed by atoms with Crippen LogP contribution in [0.15, 0.2) is 60.7 Å². The van der Waals surface area contributed by atoms with Gasteiger partial charge >= 0.3 is 0 Å². The number of benzene rings is 2. The lowest BCUT2D eigenvalue weighted by Gasteiger charge is -2.31. The Morgan fingerprint density at radius 1 is 1.04 bits per heavy atom. The number of carbonyl (C=O) groups excluding carboxylic acids is 1. The van der Waals surface area contributed by atoms with Crippen molar-refractivity contribution in [2.24, 2.45) is 5.92 Å². The maximum atomic E-state index is 12.7. The molecule has 3 rings (SSSR count). The second-order valence-electron chi connectivity index (χ2n) is 7.12. The summed E-state index contributed by atoms with van der Waals surface area (Å²) in [5.74, 6) is 0.248. The van der Waals surface area contributed by atoms with Crippen LogP contribution in [0.25, 0.3) is 0 Å². The van der Waals surface area contributed by atoms with Crippen LogP contribution in [0.2, 0.25) is 0 Å². The molecule has 3 N–H and O–H groups in total. The van der Waals surface area contributed by atoms with Crippen LogP contribution in [0.1, 0.15) is 48.8 Å². The second kappa shape index (κ2) is 8.97. The fourth-order valence-corrected chi connectivity index (χ4v) is 3.86. The Bertz CT molecular complexity index is 689. The topological polar surface area (TPSA) is 69.6 Å². The number of rotatable bonds is 6. The van der Waals surface area contributed by atoms with Gasteiger partial charge in [-0.3, -0.25) is 4.79 Å². The highest BCUT2D eigenvalue weighted by atomic mass is 16.3.